The predicted molar refractivity (Wildman–Crippen MR) is 83.7 cm³/mol. The number of aliphatic hydroxyl groups is 1. The number of rotatable bonds is 6. The molecule has 0 saturated heterocycles. The summed E-state index contributed by atoms with van der Waals surface area (Å²) in [6, 6.07) is 7.19. The highest BCUT2D eigenvalue weighted by Crippen LogP contribution is 2.24. The number of benzene rings is 1. The third-order valence-electron chi connectivity index (χ3n) is 4.66. The van der Waals surface area contributed by atoms with Crippen molar-refractivity contribution >= 4 is 0 Å². The zero-order chi connectivity index (χ0) is 15.2. The number of aliphatic hydroxyl groups excluding tert-OH is 1. The number of hydrogen-bond donors (Lipinski definition) is 2. The van der Waals surface area contributed by atoms with Crippen molar-refractivity contribution in [2.45, 2.75) is 50.3 Å². The molecule has 0 amide bonds. The van der Waals surface area contributed by atoms with Gasteiger partial charge in [-0.25, -0.2) is 4.39 Å². The Balaban J connectivity index is 1.92. The van der Waals surface area contributed by atoms with Gasteiger partial charge in [0.05, 0.1) is 6.10 Å². The number of nitrogens with zero attached hydrogens (tertiary/aromatic N) is 1. The third kappa shape index (κ3) is 4.25. The largest absolute Gasteiger partial charge is 0.391 e. The molecule has 1 aromatic rings. The van der Waals surface area contributed by atoms with Gasteiger partial charge in [0.2, 0.25) is 0 Å². The van der Waals surface area contributed by atoms with Crippen LogP contribution >= 0.6 is 0 Å². The molecule has 21 heavy (non-hydrogen) atoms. The van der Waals surface area contributed by atoms with Gasteiger partial charge in [-0.15, -0.1) is 0 Å². The summed E-state index contributed by atoms with van der Waals surface area (Å²) in [7, 11) is 3.93. The molecule has 1 saturated carbocycles. The van der Waals surface area contributed by atoms with Crippen molar-refractivity contribution in [3.63, 3.8) is 0 Å². The molecule has 0 spiro atoms. The molecule has 1 aliphatic carbocycles. The first-order chi connectivity index (χ1) is 10.1. The van der Waals surface area contributed by atoms with Crippen LogP contribution in [-0.4, -0.2) is 42.8 Å². The van der Waals surface area contributed by atoms with Crippen molar-refractivity contribution < 1.29 is 9.50 Å². The van der Waals surface area contributed by atoms with E-state index in [1.807, 2.05) is 19.2 Å². The van der Waals surface area contributed by atoms with Gasteiger partial charge < -0.3 is 15.3 Å². The molecule has 2 N–H and O–H groups in total. The molecule has 0 aromatic heterocycles. The fraction of sp³-hybridized carbons (Fsp3) is 0.647. The minimum atomic E-state index is -0.217. The van der Waals surface area contributed by atoms with E-state index in [0.29, 0.717) is 0 Å². The van der Waals surface area contributed by atoms with Crippen LogP contribution in [0.25, 0.3) is 0 Å². The maximum atomic E-state index is 13.9. The molecular weight excluding hydrogens is 267 g/mol. The summed E-state index contributed by atoms with van der Waals surface area (Å²) in [6.45, 7) is 0.849. The van der Waals surface area contributed by atoms with E-state index in [2.05, 4.69) is 17.3 Å². The zero-order valence-corrected chi connectivity index (χ0v) is 13.1. The Morgan fingerprint density at radius 3 is 2.71 bits per heavy atom. The lowest BCUT2D eigenvalue weighted by Gasteiger charge is -2.36. The first-order valence-corrected chi connectivity index (χ1v) is 7.93. The van der Waals surface area contributed by atoms with Crippen molar-refractivity contribution in [2.75, 3.05) is 20.6 Å². The second kappa shape index (κ2) is 7.87. The van der Waals surface area contributed by atoms with E-state index < -0.39 is 0 Å². The van der Waals surface area contributed by atoms with Gasteiger partial charge in [0.15, 0.2) is 0 Å². The summed E-state index contributed by atoms with van der Waals surface area (Å²) < 4.78 is 13.9. The van der Waals surface area contributed by atoms with Gasteiger partial charge in [-0.1, -0.05) is 31.0 Å². The summed E-state index contributed by atoms with van der Waals surface area (Å²) >= 11 is 0. The third-order valence-corrected chi connectivity index (χ3v) is 4.66. The van der Waals surface area contributed by atoms with Crippen molar-refractivity contribution in [1.82, 2.24) is 10.2 Å². The van der Waals surface area contributed by atoms with Crippen molar-refractivity contribution in [2.24, 2.45) is 0 Å². The van der Waals surface area contributed by atoms with Crippen LogP contribution < -0.4 is 5.32 Å². The first kappa shape index (κ1) is 16.4. The lowest BCUT2D eigenvalue weighted by atomic mass is 9.91. The monoisotopic (exact) mass is 294 g/mol. The highest BCUT2D eigenvalue weighted by atomic mass is 19.1. The second-order valence-corrected chi connectivity index (χ2v) is 6.05. The zero-order valence-electron chi connectivity index (χ0n) is 13.1. The van der Waals surface area contributed by atoms with E-state index in [9.17, 15) is 9.50 Å². The van der Waals surface area contributed by atoms with Crippen LogP contribution in [-0.2, 0) is 0 Å². The molecular formula is C17H27FN2O. The maximum Gasteiger partial charge on any atom is 0.127 e. The van der Waals surface area contributed by atoms with Crippen molar-refractivity contribution in [3.05, 3.63) is 35.6 Å². The maximum absolute atomic E-state index is 13.9. The lowest BCUT2D eigenvalue weighted by Crippen LogP contribution is -2.44. The van der Waals surface area contributed by atoms with Crippen LogP contribution in [0.15, 0.2) is 24.3 Å². The van der Waals surface area contributed by atoms with Gasteiger partial charge in [0, 0.05) is 24.2 Å². The highest BCUT2D eigenvalue weighted by Gasteiger charge is 2.26. The van der Waals surface area contributed by atoms with Crippen LogP contribution in [0, 0.1) is 5.82 Å². The Kier molecular flexibility index (Phi) is 6.15. The highest BCUT2D eigenvalue weighted by molar-refractivity contribution is 5.21. The predicted octanol–water partition coefficient (Wildman–Crippen LogP) is 2.71. The van der Waals surface area contributed by atoms with Gasteiger partial charge in [0.25, 0.3) is 0 Å². The molecule has 2 rings (SSSR count). The summed E-state index contributed by atoms with van der Waals surface area (Å²) in [4.78, 5) is 2.23. The van der Waals surface area contributed by atoms with Crippen molar-refractivity contribution in [1.29, 1.82) is 0 Å². The number of likely N-dealkylation sites (N-methyl/N-ethyl adjacent to an activating group) is 1. The fourth-order valence-electron chi connectivity index (χ4n) is 3.32. The molecule has 3 unspecified atom stereocenters. The molecule has 0 aliphatic heterocycles. The van der Waals surface area contributed by atoms with E-state index >= 15 is 0 Å². The summed E-state index contributed by atoms with van der Waals surface area (Å²) in [5.41, 5.74) is 0.720. The normalized spacial score (nSPS) is 24.2. The lowest BCUT2D eigenvalue weighted by molar-refractivity contribution is 0.0307. The Labute approximate surface area is 127 Å². The molecule has 0 heterocycles. The standard InChI is InChI=1S/C17H27FN2O/c1-19-15(13-7-3-4-8-14(13)18)11-12-20(2)16-9-5-6-10-17(16)21/h3-4,7-8,15-17,19,21H,5-6,9-12H2,1-2H3. The van der Waals surface area contributed by atoms with Crippen LogP contribution in [0.2, 0.25) is 0 Å². The summed E-state index contributed by atoms with van der Waals surface area (Å²) in [5.74, 6) is -0.155. The molecule has 3 atom stereocenters. The first-order valence-electron chi connectivity index (χ1n) is 7.93. The summed E-state index contributed by atoms with van der Waals surface area (Å²) in [6.07, 6.45) is 4.89. The molecule has 118 valence electrons. The SMILES string of the molecule is CNC(CCN(C)C1CCCCC1O)c1ccccc1F. The number of hydrogen-bond acceptors (Lipinski definition) is 3. The smallest absolute Gasteiger partial charge is 0.127 e. The molecule has 1 aromatic carbocycles. The molecule has 4 heteroatoms. The average Bonchev–Trinajstić information content (AvgIpc) is 2.49. The quantitative estimate of drug-likeness (QED) is 0.847. The minimum Gasteiger partial charge on any atom is -0.391 e. The van der Waals surface area contributed by atoms with E-state index in [1.54, 1.807) is 6.07 Å². The van der Waals surface area contributed by atoms with Crippen molar-refractivity contribution in [3.8, 4) is 0 Å². The van der Waals surface area contributed by atoms with Crippen LogP contribution in [0.1, 0.15) is 43.7 Å². The van der Waals surface area contributed by atoms with Gasteiger partial charge >= 0.3 is 0 Å². The van der Waals surface area contributed by atoms with E-state index in [1.165, 1.54) is 12.5 Å². The fourth-order valence-corrected chi connectivity index (χ4v) is 3.32. The molecule has 0 bridgehead atoms. The van der Waals surface area contributed by atoms with E-state index in [4.69, 9.17) is 0 Å². The number of nitrogens with one attached hydrogen (secondary N) is 1. The summed E-state index contributed by atoms with van der Waals surface area (Å²) in [5, 5.41) is 13.3. The van der Waals surface area contributed by atoms with Crippen LogP contribution in [0.5, 0.6) is 0 Å². The van der Waals surface area contributed by atoms with Gasteiger partial charge in [-0.3, -0.25) is 0 Å². The number of halogens is 1. The van der Waals surface area contributed by atoms with E-state index in [0.717, 1.165) is 37.8 Å². The Morgan fingerprint density at radius 2 is 2.05 bits per heavy atom. The Bertz CT molecular complexity index is 441. The van der Waals surface area contributed by atoms with Gasteiger partial charge in [-0.05, 0) is 39.4 Å². The van der Waals surface area contributed by atoms with E-state index in [-0.39, 0.29) is 24.0 Å². The molecule has 3 nitrogen and oxygen atoms in total. The average molecular weight is 294 g/mol. The molecule has 1 fully saturated rings. The van der Waals surface area contributed by atoms with Crippen LogP contribution in [0.4, 0.5) is 4.39 Å². The molecule has 0 radical (unpaired) electrons. The molecule has 1 aliphatic rings. The van der Waals surface area contributed by atoms with Crippen LogP contribution in [0.3, 0.4) is 0 Å². The topological polar surface area (TPSA) is 35.5 Å². The Morgan fingerprint density at radius 1 is 1.33 bits per heavy atom. The van der Waals surface area contributed by atoms with Gasteiger partial charge in [0.1, 0.15) is 5.82 Å². The minimum absolute atomic E-state index is 0.00869. The second-order valence-electron chi connectivity index (χ2n) is 6.05. The Hall–Kier alpha value is -0.970. The van der Waals surface area contributed by atoms with Gasteiger partial charge in [-0.2, -0.15) is 0 Å².